The average molecular weight is 371 g/mol. The third-order valence-electron chi connectivity index (χ3n) is 5.07. The minimum Gasteiger partial charge on any atom is -0.340 e. The number of hydrogen-bond acceptors (Lipinski definition) is 3. The second-order valence-corrected chi connectivity index (χ2v) is 7.99. The zero-order chi connectivity index (χ0) is 18.7. The Morgan fingerprint density at radius 3 is 2.77 bits per heavy atom. The van der Waals surface area contributed by atoms with Gasteiger partial charge in [0.2, 0.25) is 5.91 Å². The lowest BCUT2D eigenvalue weighted by molar-refractivity contribution is -0.134. The Hall–Kier alpha value is -2.14. The number of nitrogens with zero attached hydrogens (tertiary/aromatic N) is 1. The third-order valence-corrected chi connectivity index (χ3v) is 6.09. The zero-order valence-corrected chi connectivity index (χ0v) is 16.5. The maximum atomic E-state index is 13.0. The maximum absolute atomic E-state index is 13.0. The lowest BCUT2D eigenvalue weighted by atomic mass is 10.0. The number of rotatable bonds is 5. The van der Waals surface area contributed by atoms with Gasteiger partial charge in [-0.2, -0.15) is 0 Å². The molecule has 26 heavy (non-hydrogen) atoms. The first-order chi connectivity index (χ1) is 12.5. The van der Waals surface area contributed by atoms with E-state index < -0.39 is 6.04 Å². The molecule has 2 heterocycles. The number of amides is 2. The average Bonchev–Trinajstić information content (AvgIpc) is 3.10. The topological polar surface area (TPSA) is 49.4 Å². The highest BCUT2D eigenvalue weighted by molar-refractivity contribution is 7.10. The molecule has 3 rings (SSSR count). The second-order valence-electron chi connectivity index (χ2n) is 6.99. The molecule has 1 unspecified atom stereocenters. The van der Waals surface area contributed by atoms with E-state index >= 15 is 0 Å². The summed E-state index contributed by atoms with van der Waals surface area (Å²) in [4.78, 5) is 28.9. The summed E-state index contributed by atoms with van der Waals surface area (Å²) in [5.41, 5.74) is 4.09. The molecule has 5 heteroatoms. The van der Waals surface area contributed by atoms with E-state index in [0.29, 0.717) is 18.5 Å². The van der Waals surface area contributed by atoms with Crippen molar-refractivity contribution in [2.75, 3.05) is 6.54 Å². The molecule has 1 aliphatic rings. The Balaban J connectivity index is 1.71. The van der Waals surface area contributed by atoms with Gasteiger partial charge in [-0.3, -0.25) is 9.59 Å². The number of hydrogen-bond donors (Lipinski definition) is 1. The van der Waals surface area contributed by atoms with Crippen molar-refractivity contribution < 1.29 is 9.59 Å². The van der Waals surface area contributed by atoms with Crippen LogP contribution in [0.15, 0.2) is 29.6 Å². The zero-order valence-electron chi connectivity index (χ0n) is 15.7. The van der Waals surface area contributed by atoms with Gasteiger partial charge in [-0.1, -0.05) is 19.4 Å². The van der Waals surface area contributed by atoms with Gasteiger partial charge in [0.15, 0.2) is 0 Å². The van der Waals surface area contributed by atoms with Gasteiger partial charge in [0, 0.05) is 23.5 Å². The maximum Gasteiger partial charge on any atom is 0.251 e. The minimum atomic E-state index is -0.464. The molecule has 0 radical (unpaired) electrons. The van der Waals surface area contributed by atoms with Gasteiger partial charge in [-0.15, -0.1) is 11.3 Å². The van der Waals surface area contributed by atoms with Crippen molar-refractivity contribution in [3.8, 4) is 0 Å². The smallest absolute Gasteiger partial charge is 0.251 e. The predicted octanol–water partition coefficient (Wildman–Crippen LogP) is 3.85. The quantitative estimate of drug-likeness (QED) is 0.869. The third kappa shape index (κ3) is 3.98. The van der Waals surface area contributed by atoms with Crippen LogP contribution < -0.4 is 5.32 Å². The fraction of sp³-hybridized carbons (Fsp3) is 0.429. The summed E-state index contributed by atoms with van der Waals surface area (Å²) in [5, 5.41) is 5.06. The molecular weight excluding hydrogens is 344 g/mol. The van der Waals surface area contributed by atoms with Crippen LogP contribution in [0.25, 0.3) is 0 Å². The number of fused-ring (bicyclic) bond motifs is 1. The fourth-order valence-corrected chi connectivity index (χ4v) is 4.22. The largest absolute Gasteiger partial charge is 0.340 e. The van der Waals surface area contributed by atoms with Gasteiger partial charge in [0.1, 0.15) is 6.04 Å². The van der Waals surface area contributed by atoms with Gasteiger partial charge in [-0.05, 0) is 67.0 Å². The summed E-state index contributed by atoms with van der Waals surface area (Å²) in [7, 11) is 0. The van der Waals surface area contributed by atoms with Crippen molar-refractivity contribution in [3.05, 3.63) is 56.8 Å². The number of benzene rings is 1. The number of aryl methyl sites for hydroxylation is 2. The van der Waals surface area contributed by atoms with Gasteiger partial charge in [-0.25, -0.2) is 0 Å². The first kappa shape index (κ1) is 18.6. The Morgan fingerprint density at radius 1 is 1.23 bits per heavy atom. The lowest BCUT2D eigenvalue weighted by Crippen LogP contribution is -2.49. The fourth-order valence-electron chi connectivity index (χ4n) is 3.33. The van der Waals surface area contributed by atoms with Crippen molar-refractivity contribution in [1.82, 2.24) is 10.2 Å². The molecule has 1 atom stereocenters. The minimum absolute atomic E-state index is 0.0286. The first-order valence-corrected chi connectivity index (χ1v) is 10.1. The molecule has 0 fully saturated rings. The van der Waals surface area contributed by atoms with Crippen LogP contribution in [0.5, 0.6) is 0 Å². The van der Waals surface area contributed by atoms with E-state index in [1.165, 1.54) is 10.4 Å². The molecule has 0 saturated carbocycles. The van der Waals surface area contributed by atoms with Crippen molar-refractivity contribution in [2.24, 2.45) is 0 Å². The number of carbonyl (C=O) groups is 2. The lowest BCUT2D eigenvalue weighted by Gasteiger charge is -2.31. The molecule has 1 aromatic carbocycles. The molecule has 1 aliphatic heterocycles. The van der Waals surface area contributed by atoms with Gasteiger partial charge in [0.05, 0.1) is 0 Å². The summed E-state index contributed by atoms with van der Waals surface area (Å²) in [6, 6.07) is 7.29. The van der Waals surface area contributed by atoms with Crippen LogP contribution in [0.3, 0.4) is 0 Å². The molecular formula is C21H26N2O2S. The molecule has 0 aliphatic carbocycles. The van der Waals surface area contributed by atoms with Crippen LogP contribution >= 0.6 is 11.3 Å². The molecule has 2 aromatic rings. The van der Waals surface area contributed by atoms with E-state index in [9.17, 15) is 9.59 Å². The molecule has 4 nitrogen and oxygen atoms in total. The van der Waals surface area contributed by atoms with Gasteiger partial charge < -0.3 is 10.2 Å². The van der Waals surface area contributed by atoms with Crippen LogP contribution in [0.4, 0.5) is 0 Å². The van der Waals surface area contributed by atoms with E-state index in [-0.39, 0.29) is 11.8 Å². The monoisotopic (exact) mass is 370 g/mol. The highest BCUT2D eigenvalue weighted by Crippen LogP contribution is 2.24. The second kappa shape index (κ2) is 8.04. The SMILES string of the molecule is CCCC(NC(=O)c1ccc(C)c(C)c1)C(=O)N1CCc2sccc2C1. The highest BCUT2D eigenvalue weighted by Gasteiger charge is 2.28. The van der Waals surface area contributed by atoms with E-state index in [1.54, 1.807) is 11.3 Å². The van der Waals surface area contributed by atoms with Crippen molar-refractivity contribution >= 4 is 23.2 Å². The van der Waals surface area contributed by atoms with Gasteiger partial charge in [0.25, 0.3) is 5.91 Å². The van der Waals surface area contributed by atoms with Crippen molar-refractivity contribution in [3.63, 3.8) is 0 Å². The Kier molecular flexibility index (Phi) is 5.77. The normalized spacial score (nSPS) is 14.7. The van der Waals surface area contributed by atoms with Crippen LogP contribution in [0.2, 0.25) is 0 Å². The van der Waals surface area contributed by atoms with Crippen LogP contribution in [-0.2, 0) is 17.8 Å². The predicted molar refractivity (Wildman–Crippen MR) is 106 cm³/mol. The van der Waals surface area contributed by atoms with E-state index in [4.69, 9.17) is 0 Å². The molecule has 0 bridgehead atoms. The molecule has 1 N–H and O–H groups in total. The molecule has 2 amide bonds. The summed E-state index contributed by atoms with van der Waals surface area (Å²) in [5.74, 6) is -0.144. The first-order valence-electron chi connectivity index (χ1n) is 9.21. The Labute approximate surface area is 159 Å². The van der Waals surface area contributed by atoms with Gasteiger partial charge >= 0.3 is 0 Å². The molecule has 138 valence electrons. The van der Waals surface area contributed by atoms with E-state index in [2.05, 4.69) is 16.8 Å². The van der Waals surface area contributed by atoms with Crippen LogP contribution in [0.1, 0.15) is 51.7 Å². The van der Waals surface area contributed by atoms with Crippen LogP contribution in [-0.4, -0.2) is 29.3 Å². The standard InChI is InChI=1S/C21H26N2O2S/c1-4-5-18(22-20(24)16-7-6-14(2)15(3)12-16)21(25)23-10-8-19-17(13-23)9-11-26-19/h6-7,9,11-12,18H,4-5,8,10,13H2,1-3H3,(H,22,24). The summed E-state index contributed by atoms with van der Waals surface area (Å²) in [6.07, 6.45) is 2.41. The Morgan fingerprint density at radius 2 is 2.04 bits per heavy atom. The number of carbonyl (C=O) groups excluding carboxylic acids is 2. The van der Waals surface area contributed by atoms with Crippen molar-refractivity contribution in [1.29, 1.82) is 0 Å². The summed E-state index contributed by atoms with van der Waals surface area (Å²) < 4.78 is 0. The summed E-state index contributed by atoms with van der Waals surface area (Å²) in [6.45, 7) is 7.43. The number of thiophene rings is 1. The van der Waals surface area contributed by atoms with Crippen LogP contribution in [0, 0.1) is 13.8 Å². The number of nitrogens with one attached hydrogen (secondary N) is 1. The Bertz CT molecular complexity index is 812. The molecule has 0 saturated heterocycles. The molecule has 1 aromatic heterocycles. The van der Waals surface area contributed by atoms with E-state index in [1.807, 2.05) is 43.9 Å². The molecule has 0 spiro atoms. The van der Waals surface area contributed by atoms with Crippen molar-refractivity contribution in [2.45, 2.75) is 52.6 Å². The summed E-state index contributed by atoms with van der Waals surface area (Å²) >= 11 is 1.76. The highest BCUT2D eigenvalue weighted by atomic mass is 32.1. The van der Waals surface area contributed by atoms with E-state index in [0.717, 1.165) is 30.5 Å².